The summed E-state index contributed by atoms with van der Waals surface area (Å²) in [6, 6.07) is 4.06. The average molecular weight is 419 g/mol. The van der Waals surface area contributed by atoms with Crippen molar-refractivity contribution in [3.8, 4) is 0 Å². The molecule has 2 saturated heterocycles. The van der Waals surface area contributed by atoms with E-state index in [9.17, 15) is 9.59 Å². The van der Waals surface area contributed by atoms with Gasteiger partial charge in [-0.2, -0.15) is 0 Å². The summed E-state index contributed by atoms with van der Waals surface area (Å²) < 4.78 is 8.25. The molecular formula is C23H25N5O3. The van der Waals surface area contributed by atoms with Gasteiger partial charge in [0, 0.05) is 44.4 Å². The number of aromatic nitrogens is 3. The van der Waals surface area contributed by atoms with E-state index in [-0.39, 0.29) is 24.0 Å². The predicted octanol–water partition coefficient (Wildman–Crippen LogP) is 1.29. The second kappa shape index (κ2) is 6.75. The lowest BCUT2D eigenvalue weighted by Crippen LogP contribution is -2.46. The van der Waals surface area contributed by atoms with Gasteiger partial charge in [-0.25, -0.2) is 4.98 Å². The molecule has 4 aliphatic rings. The third-order valence-corrected chi connectivity index (χ3v) is 7.06. The number of aryl methyl sites for hydroxylation is 1. The Bertz CT molecular complexity index is 1060. The summed E-state index contributed by atoms with van der Waals surface area (Å²) in [5.41, 5.74) is 0.283. The molecule has 5 heterocycles. The smallest absolute Gasteiger partial charge is 0.230 e. The molecule has 3 aliphatic heterocycles. The van der Waals surface area contributed by atoms with Crippen LogP contribution in [0.15, 0.2) is 49.1 Å². The Hall–Kier alpha value is -3.00. The molecule has 2 amide bonds. The third-order valence-electron chi connectivity index (χ3n) is 7.06. The quantitative estimate of drug-likeness (QED) is 0.659. The highest BCUT2D eigenvalue weighted by Gasteiger charge is 2.67. The van der Waals surface area contributed by atoms with Gasteiger partial charge in [0.05, 0.1) is 31.0 Å². The standard InChI is InChI=1S/C23H25N5O3/c1-26-10-9-25-18(26)13-28(16-4-5-16)21(29)19-17-6-7-23(31-17)14-27(22(30)20(19)23)12-15-3-2-8-24-11-15/h2-3,6-11,16-17,19-20H,4-5,12-14H2,1H3/t17-,19+,20-,23-/m0/s1. The van der Waals surface area contributed by atoms with Crippen molar-refractivity contribution >= 4 is 11.8 Å². The summed E-state index contributed by atoms with van der Waals surface area (Å²) in [4.78, 5) is 39.6. The molecule has 8 heteroatoms. The zero-order valence-corrected chi connectivity index (χ0v) is 17.4. The molecule has 2 bridgehead atoms. The number of carbonyl (C=O) groups is 2. The van der Waals surface area contributed by atoms with Crippen molar-refractivity contribution in [3.63, 3.8) is 0 Å². The molecule has 8 nitrogen and oxygen atoms in total. The Morgan fingerprint density at radius 1 is 1.35 bits per heavy atom. The van der Waals surface area contributed by atoms with Gasteiger partial charge in [-0.1, -0.05) is 18.2 Å². The lowest BCUT2D eigenvalue weighted by Gasteiger charge is -2.30. The maximum Gasteiger partial charge on any atom is 0.230 e. The fraction of sp³-hybridized carbons (Fsp3) is 0.478. The summed E-state index contributed by atoms with van der Waals surface area (Å²) in [6.45, 7) is 1.42. The number of hydrogen-bond acceptors (Lipinski definition) is 5. The maximum absolute atomic E-state index is 13.8. The molecular weight excluding hydrogens is 394 g/mol. The molecule has 160 valence electrons. The Kier molecular flexibility index (Phi) is 4.08. The van der Waals surface area contributed by atoms with Crippen LogP contribution in [-0.2, 0) is 34.5 Å². The number of carbonyl (C=O) groups excluding carboxylic acids is 2. The van der Waals surface area contributed by atoms with Crippen LogP contribution in [0.3, 0.4) is 0 Å². The van der Waals surface area contributed by atoms with E-state index in [1.165, 1.54) is 0 Å². The molecule has 0 aromatic carbocycles. The van der Waals surface area contributed by atoms with E-state index >= 15 is 0 Å². The number of ether oxygens (including phenoxy) is 1. The molecule has 0 unspecified atom stereocenters. The van der Waals surface area contributed by atoms with Gasteiger partial charge in [0.2, 0.25) is 11.8 Å². The van der Waals surface area contributed by atoms with E-state index in [2.05, 4.69) is 9.97 Å². The summed E-state index contributed by atoms with van der Waals surface area (Å²) in [6.07, 6.45) is 12.8. The summed E-state index contributed by atoms with van der Waals surface area (Å²) >= 11 is 0. The lowest BCUT2D eigenvalue weighted by molar-refractivity contribution is -0.144. The van der Waals surface area contributed by atoms with Crippen molar-refractivity contribution in [2.75, 3.05) is 6.54 Å². The molecule has 1 spiro atoms. The number of likely N-dealkylation sites (tertiary alicyclic amines) is 1. The van der Waals surface area contributed by atoms with Crippen molar-refractivity contribution in [3.05, 3.63) is 60.5 Å². The van der Waals surface area contributed by atoms with Crippen molar-refractivity contribution in [1.82, 2.24) is 24.3 Å². The van der Waals surface area contributed by atoms with Crippen LogP contribution in [0.2, 0.25) is 0 Å². The first-order chi connectivity index (χ1) is 15.1. The fourth-order valence-corrected chi connectivity index (χ4v) is 5.37. The van der Waals surface area contributed by atoms with Crippen LogP contribution in [0.1, 0.15) is 24.2 Å². The molecule has 6 rings (SSSR count). The Morgan fingerprint density at radius 2 is 2.23 bits per heavy atom. The summed E-state index contributed by atoms with van der Waals surface area (Å²) in [7, 11) is 1.94. The SMILES string of the molecule is Cn1ccnc1CN(C(=O)[C@@H]1[C@@H]2C=C[C@@]3(CN(Cc4cccnc4)C(=O)[C@H]13)O2)C1CC1. The minimum atomic E-state index is -0.692. The molecule has 1 saturated carbocycles. The van der Waals surface area contributed by atoms with Gasteiger partial charge in [0.25, 0.3) is 0 Å². The van der Waals surface area contributed by atoms with Gasteiger partial charge in [-0.3, -0.25) is 14.6 Å². The minimum Gasteiger partial charge on any atom is -0.360 e. The van der Waals surface area contributed by atoms with Crippen LogP contribution < -0.4 is 0 Å². The number of rotatable bonds is 6. The lowest BCUT2D eigenvalue weighted by atomic mass is 9.76. The molecule has 4 atom stereocenters. The second-order valence-electron chi connectivity index (χ2n) is 9.11. The largest absolute Gasteiger partial charge is 0.360 e. The molecule has 2 aromatic heterocycles. The van der Waals surface area contributed by atoms with Gasteiger partial charge in [-0.05, 0) is 24.5 Å². The second-order valence-corrected chi connectivity index (χ2v) is 9.11. The Balaban J connectivity index is 1.27. The third kappa shape index (κ3) is 2.92. The average Bonchev–Trinajstić information content (AvgIpc) is 3.15. The van der Waals surface area contributed by atoms with Gasteiger partial charge in [0.15, 0.2) is 0 Å². The van der Waals surface area contributed by atoms with Crippen LogP contribution in [0.5, 0.6) is 0 Å². The predicted molar refractivity (Wildman–Crippen MR) is 110 cm³/mol. The highest BCUT2D eigenvalue weighted by atomic mass is 16.5. The van der Waals surface area contributed by atoms with Crippen molar-refractivity contribution in [2.24, 2.45) is 18.9 Å². The topological polar surface area (TPSA) is 80.6 Å². The molecule has 0 radical (unpaired) electrons. The van der Waals surface area contributed by atoms with Gasteiger partial charge in [0.1, 0.15) is 11.4 Å². The van der Waals surface area contributed by atoms with Crippen LogP contribution in [0.4, 0.5) is 0 Å². The van der Waals surface area contributed by atoms with E-state index < -0.39 is 17.4 Å². The first-order valence-corrected chi connectivity index (χ1v) is 10.9. The maximum atomic E-state index is 13.8. The highest BCUT2D eigenvalue weighted by Crippen LogP contribution is 2.53. The fourth-order valence-electron chi connectivity index (χ4n) is 5.37. The van der Waals surface area contributed by atoms with Gasteiger partial charge in [-0.15, -0.1) is 0 Å². The van der Waals surface area contributed by atoms with Crippen molar-refractivity contribution < 1.29 is 14.3 Å². The number of amides is 2. The molecule has 31 heavy (non-hydrogen) atoms. The van der Waals surface area contributed by atoms with E-state index in [4.69, 9.17) is 4.74 Å². The minimum absolute atomic E-state index is 0.00166. The van der Waals surface area contributed by atoms with Crippen LogP contribution in [-0.4, -0.2) is 60.4 Å². The summed E-state index contributed by atoms with van der Waals surface area (Å²) in [5, 5.41) is 0. The molecule has 2 aromatic rings. The van der Waals surface area contributed by atoms with E-state index in [1.54, 1.807) is 18.6 Å². The first-order valence-electron chi connectivity index (χ1n) is 10.9. The van der Waals surface area contributed by atoms with Crippen LogP contribution in [0, 0.1) is 11.8 Å². The Morgan fingerprint density at radius 3 is 2.94 bits per heavy atom. The molecule has 3 fully saturated rings. The Labute approximate surface area is 180 Å². The van der Waals surface area contributed by atoms with Gasteiger partial charge < -0.3 is 19.1 Å². The van der Waals surface area contributed by atoms with E-state index in [0.717, 1.165) is 24.2 Å². The monoisotopic (exact) mass is 419 g/mol. The highest BCUT2D eigenvalue weighted by molar-refractivity contribution is 5.93. The molecule has 0 N–H and O–H groups in total. The van der Waals surface area contributed by atoms with Crippen LogP contribution in [0.25, 0.3) is 0 Å². The number of pyridine rings is 1. The first kappa shape index (κ1) is 18.7. The number of fused-ring (bicyclic) bond motifs is 1. The normalized spacial score (nSPS) is 30.8. The summed E-state index contributed by atoms with van der Waals surface area (Å²) in [5.74, 6) is -0.0674. The number of hydrogen-bond donors (Lipinski definition) is 0. The van der Waals surface area contributed by atoms with E-state index in [1.807, 2.05) is 51.9 Å². The number of nitrogens with zero attached hydrogens (tertiary/aromatic N) is 5. The zero-order valence-electron chi connectivity index (χ0n) is 17.4. The van der Waals surface area contributed by atoms with Crippen LogP contribution >= 0.6 is 0 Å². The van der Waals surface area contributed by atoms with E-state index in [0.29, 0.717) is 19.6 Å². The van der Waals surface area contributed by atoms with Crippen molar-refractivity contribution in [2.45, 2.75) is 43.7 Å². The molecule has 1 aliphatic carbocycles. The zero-order chi connectivity index (χ0) is 21.2. The van der Waals surface area contributed by atoms with Gasteiger partial charge >= 0.3 is 0 Å². The number of imidazole rings is 1. The van der Waals surface area contributed by atoms with Crippen molar-refractivity contribution in [1.29, 1.82) is 0 Å².